The highest BCUT2D eigenvalue weighted by molar-refractivity contribution is 5.76. The molecule has 0 saturated carbocycles. The molecule has 0 bridgehead atoms. The van der Waals surface area contributed by atoms with Crippen LogP contribution in [0.4, 0.5) is 8.78 Å². The van der Waals surface area contributed by atoms with E-state index in [2.05, 4.69) is 10.6 Å². The van der Waals surface area contributed by atoms with Crippen LogP contribution >= 0.6 is 0 Å². The van der Waals surface area contributed by atoms with E-state index < -0.39 is 11.8 Å². The topological polar surface area (TPSA) is 41.1 Å². The Hall–Kier alpha value is -0.710. The summed E-state index contributed by atoms with van der Waals surface area (Å²) in [7, 11) is 0. The summed E-state index contributed by atoms with van der Waals surface area (Å²) in [5.41, 5.74) is 0. The Kier molecular flexibility index (Phi) is 3.42. The van der Waals surface area contributed by atoms with E-state index in [1.807, 2.05) is 13.8 Å². The molecule has 1 fully saturated rings. The van der Waals surface area contributed by atoms with Gasteiger partial charge in [-0.05, 0) is 13.8 Å². The van der Waals surface area contributed by atoms with Crippen LogP contribution in [0, 0.1) is 5.92 Å². The summed E-state index contributed by atoms with van der Waals surface area (Å²) in [6.07, 6.45) is -0.0990. The van der Waals surface area contributed by atoms with Crippen molar-refractivity contribution in [1.82, 2.24) is 10.6 Å². The summed E-state index contributed by atoms with van der Waals surface area (Å²) in [5.74, 6) is -3.90. The first-order valence-electron chi connectivity index (χ1n) is 4.79. The fourth-order valence-electron chi connectivity index (χ4n) is 1.53. The summed E-state index contributed by atoms with van der Waals surface area (Å²) < 4.78 is 26.1. The average molecular weight is 206 g/mol. The number of hydrogen-bond acceptors (Lipinski definition) is 2. The number of alkyl halides is 2. The molecule has 2 N–H and O–H groups in total. The van der Waals surface area contributed by atoms with E-state index >= 15 is 0 Å². The minimum Gasteiger partial charge on any atom is -0.354 e. The van der Waals surface area contributed by atoms with Gasteiger partial charge in [0, 0.05) is 24.9 Å². The lowest BCUT2D eigenvalue weighted by atomic mass is 10.0. The van der Waals surface area contributed by atoms with Crippen LogP contribution < -0.4 is 10.6 Å². The number of amides is 1. The third kappa shape index (κ3) is 2.90. The molecular formula is C9H16F2N2O. The van der Waals surface area contributed by atoms with Crippen LogP contribution in [0.15, 0.2) is 0 Å². The van der Waals surface area contributed by atoms with Crippen molar-refractivity contribution in [1.29, 1.82) is 0 Å². The van der Waals surface area contributed by atoms with Crippen molar-refractivity contribution in [3.8, 4) is 0 Å². The zero-order valence-corrected chi connectivity index (χ0v) is 8.44. The minimum atomic E-state index is -2.74. The van der Waals surface area contributed by atoms with Crippen LogP contribution in [0.2, 0.25) is 0 Å². The second kappa shape index (κ2) is 4.21. The van der Waals surface area contributed by atoms with E-state index in [0.717, 1.165) is 0 Å². The first-order chi connectivity index (χ1) is 6.42. The normalized spacial score (nSPS) is 25.4. The molecule has 0 aromatic heterocycles. The molecule has 3 nitrogen and oxygen atoms in total. The molecule has 1 rings (SSSR count). The molecule has 1 heterocycles. The Morgan fingerprint density at radius 1 is 1.64 bits per heavy atom. The van der Waals surface area contributed by atoms with Crippen LogP contribution in [0.5, 0.6) is 0 Å². The Balaban J connectivity index is 2.40. The predicted octanol–water partition coefficient (Wildman–Crippen LogP) is 0.756. The maximum absolute atomic E-state index is 13.1. The van der Waals surface area contributed by atoms with Gasteiger partial charge < -0.3 is 10.6 Å². The zero-order valence-electron chi connectivity index (χ0n) is 8.44. The van der Waals surface area contributed by atoms with Gasteiger partial charge in [0.05, 0.1) is 6.54 Å². The molecule has 1 saturated heterocycles. The molecule has 1 atom stereocenters. The predicted molar refractivity (Wildman–Crippen MR) is 49.2 cm³/mol. The smallest absolute Gasteiger partial charge is 0.264 e. The number of carbonyl (C=O) groups excluding carboxylic acids is 1. The summed E-state index contributed by atoms with van der Waals surface area (Å²) in [5, 5.41) is 5.20. The fraction of sp³-hybridized carbons (Fsp3) is 0.889. The average Bonchev–Trinajstić information content (AvgIpc) is 2.29. The monoisotopic (exact) mass is 206 g/mol. The van der Waals surface area contributed by atoms with E-state index in [1.54, 1.807) is 0 Å². The quantitative estimate of drug-likeness (QED) is 0.715. The van der Waals surface area contributed by atoms with Gasteiger partial charge in [0.2, 0.25) is 5.91 Å². The van der Waals surface area contributed by atoms with E-state index in [0.29, 0.717) is 0 Å². The van der Waals surface area contributed by atoms with Crippen molar-refractivity contribution >= 4 is 5.91 Å². The van der Waals surface area contributed by atoms with Crippen molar-refractivity contribution in [3.05, 3.63) is 0 Å². The molecule has 82 valence electrons. The number of hydrogen-bond donors (Lipinski definition) is 2. The number of carbonyl (C=O) groups is 1. The molecular weight excluding hydrogens is 190 g/mol. The molecule has 0 radical (unpaired) electrons. The molecule has 1 unspecified atom stereocenters. The zero-order chi connectivity index (χ0) is 10.8. The van der Waals surface area contributed by atoms with E-state index in [9.17, 15) is 13.6 Å². The molecule has 0 aromatic carbocycles. The highest BCUT2D eigenvalue weighted by atomic mass is 19.3. The SMILES string of the molecule is CC(C)NC(=O)CC1CNCC1(F)F. The first-order valence-corrected chi connectivity index (χ1v) is 4.79. The number of rotatable bonds is 3. The standard InChI is InChI=1S/C9H16F2N2O/c1-6(2)13-8(14)3-7-4-12-5-9(7,10)11/h6-7,12H,3-5H2,1-2H3,(H,13,14). The summed E-state index contributed by atoms with van der Waals surface area (Å²) in [4.78, 5) is 11.2. The van der Waals surface area contributed by atoms with Crippen molar-refractivity contribution < 1.29 is 13.6 Å². The molecule has 0 spiro atoms. The molecule has 14 heavy (non-hydrogen) atoms. The van der Waals surface area contributed by atoms with Crippen LogP contribution in [0.3, 0.4) is 0 Å². The third-order valence-corrected chi connectivity index (χ3v) is 2.23. The lowest BCUT2D eigenvalue weighted by molar-refractivity contribution is -0.125. The Morgan fingerprint density at radius 3 is 2.71 bits per heavy atom. The summed E-state index contributed by atoms with van der Waals surface area (Å²) in [6.45, 7) is 3.52. The van der Waals surface area contributed by atoms with Gasteiger partial charge in [-0.15, -0.1) is 0 Å². The maximum atomic E-state index is 13.1. The first kappa shape index (κ1) is 11.4. The molecule has 1 aliphatic heterocycles. The summed E-state index contributed by atoms with van der Waals surface area (Å²) in [6, 6.07) is 0.00508. The fourth-order valence-corrected chi connectivity index (χ4v) is 1.53. The van der Waals surface area contributed by atoms with Crippen molar-refractivity contribution in [3.63, 3.8) is 0 Å². The van der Waals surface area contributed by atoms with Gasteiger partial charge in [-0.25, -0.2) is 8.78 Å². The molecule has 0 aliphatic carbocycles. The number of halogens is 2. The highest BCUT2D eigenvalue weighted by Gasteiger charge is 2.44. The van der Waals surface area contributed by atoms with Gasteiger partial charge in [-0.3, -0.25) is 4.79 Å². The maximum Gasteiger partial charge on any atom is 0.264 e. The largest absolute Gasteiger partial charge is 0.354 e. The Labute approximate surface area is 82.2 Å². The van der Waals surface area contributed by atoms with Crippen LogP contribution in [0.1, 0.15) is 20.3 Å². The second-order valence-corrected chi connectivity index (χ2v) is 4.02. The van der Waals surface area contributed by atoms with Crippen molar-refractivity contribution in [2.45, 2.75) is 32.2 Å². The van der Waals surface area contributed by atoms with Crippen LogP contribution in [-0.4, -0.2) is 31.0 Å². The minimum absolute atomic E-state index is 0.00508. The van der Waals surface area contributed by atoms with Gasteiger partial charge in [0.25, 0.3) is 5.92 Å². The molecule has 1 amide bonds. The molecule has 1 aliphatic rings. The van der Waals surface area contributed by atoms with Gasteiger partial charge >= 0.3 is 0 Å². The van der Waals surface area contributed by atoms with Gasteiger partial charge in [-0.2, -0.15) is 0 Å². The van der Waals surface area contributed by atoms with Crippen LogP contribution in [-0.2, 0) is 4.79 Å². The third-order valence-electron chi connectivity index (χ3n) is 2.23. The molecule has 0 aromatic rings. The number of nitrogens with one attached hydrogen (secondary N) is 2. The van der Waals surface area contributed by atoms with E-state index in [-0.39, 0.29) is 31.5 Å². The van der Waals surface area contributed by atoms with Gasteiger partial charge in [0.1, 0.15) is 0 Å². The summed E-state index contributed by atoms with van der Waals surface area (Å²) >= 11 is 0. The van der Waals surface area contributed by atoms with Gasteiger partial charge in [-0.1, -0.05) is 0 Å². The highest BCUT2D eigenvalue weighted by Crippen LogP contribution is 2.30. The molecule has 5 heteroatoms. The van der Waals surface area contributed by atoms with E-state index in [1.165, 1.54) is 0 Å². The van der Waals surface area contributed by atoms with Gasteiger partial charge in [0.15, 0.2) is 0 Å². The van der Waals surface area contributed by atoms with E-state index in [4.69, 9.17) is 0 Å². The van der Waals surface area contributed by atoms with Crippen molar-refractivity contribution in [2.75, 3.05) is 13.1 Å². The second-order valence-electron chi connectivity index (χ2n) is 4.02. The lowest BCUT2D eigenvalue weighted by Crippen LogP contribution is -2.36. The Bertz CT molecular complexity index is 219. The van der Waals surface area contributed by atoms with Crippen LogP contribution in [0.25, 0.3) is 0 Å². The lowest BCUT2D eigenvalue weighted by Gasteiger charge is -2.17. The van der Waals surface area contributed by atoms with Crippen molar-refractivity contribution in [2.24, 2.45) is 5.92 Å². The Morgan fingerprint density at radius 2 is 2.29 bits per heavy atom.